The van der Waals surface area contributed by atoms with Crippen LogP contribution < -0.4 is 15.2 Å². The minimum Gasteiger partial charge on any atom is -0.483 e. The maximum atomic E-state index is 15.0. The monoisotopic (exact) mass is 546 g/mol. The Labute approximate surface area is 218 Å². The van der Waals surface area contributed by atoms with Gasteiger partial charge in [-0.05, 0) is 31.0 Å². The first-order valence-electron chi connectivity index (χ1n) is 12.4. The predicted molar refractivity (Wildman–Crippen MR) is 137 cm³/mol. The van der Waals surface area contributed by atoms with E-state index < -0.39 is 33.0 Å². The molecule has 0 radical (unpaired) electrons. The summed E-state index contributed by atoms with van der Waals surface area (Å²) in [5.74, 6) is -0.534. The van der Waals surface area contributed by atoms with Crippen molar-refractivity contribution in [2.45, 2.75) is 37.0 Å². The second-order valence-electron chi connectivity index (χ2n) is 9.42. The van der Waals surface area contributed by atoms with Gasteiger partial charge in [0.1, 0.15) is 17.6 Å². The maximum absolute atomic E-state index is 15.0. The average molecular weight is 547 g/mol. The van der Waals surface area contributed by atoms with Crippen molar-refractivity contribution in [2.24, 2.45) is 0 Å². The van der Waals surface area contributed by atoms with Crippen molar-refractivity contribution < 1.29 is 27.0 Å². The summed E-state index contributed by atoms with van der Waals surface area (Å²) in [6, 6.07) is 13.2. The lowest BCUT2D eigenvalue weighted by Gasteiger charge is -2.36. The number of aliphatic hydroxyl groups is 1. The largest absolute Gasteiger partial charge is 0.483 e. The number of alkyl halides is 1. The molecule has 38 heavy (non-hydrogen) atoms. The van der Waals surface area contributed by atoms with Gasteiger partial charge in [-0.15, -0.1) is 0 Å². The lowest BCUT2D eigenvalue weighted by atomic mass is 10.2. The second-order valence-corrected chi connectivity index (χ2v) is 11.4. The zero-order chi connectivity index (χ0) is 26.9. The van der Waals surface area contributed by atoms with Crippen molar-refractivity contribution in [1.29, 1.82) is 0 Å². The molecule has 2 aromatic carbocycles. The van der Waals surface area contributed by atoms with Crippen LogP contribution in [0.3, 0.4) is 0 Å². The molecule has 3 atom stereocenters. The molecule has 0 bridgehead atoms. The summed E-state index contributed by atoms with van der Waals surface area (Å²) in [5.41, 5.74) is -2.13. The van der Waals surface area contributed by atoms with Gasteiger partial charge in [0.15, 0.2) is 0 Å². The molecule has 0 spiro atoms. The topological polar surface area (TPSA) is 105 Å². The van der Waals surface area contributed by atoms with E-state index in [-0.39, 0.29) is 49.3 Å². The third kappa shape index (κ3) is 5.29. The van der Waals surface area contributed by atoms with Gasteiger partial charge in [-0.25, -0.2) is 17.2 Å². The molecule has 12 heteroatoms. The van der Waals surface area contributed by atoms with Gasteiger partial charge in [0.05, 0.1) is 18.0 Å². The SMILES string of the molecule is O=c1c(OC2CCC(O)C2)c(N2CCN(S(=O)(=O)C(F)c3ccccc3)CC2)cnn1-c1cccc(F)c1. The summed E-state index contributed by atoms with van der Waals surface area (Å²) in [6.07, 6.45) is 1.99. The van der Waals surface area contributed by atoms with Crippen LogP contribution in [0.1, 0.15) is 30.3 Å². The van der Waals surface area contributed by atoms with Crippen LogP contribution in [-0.4, -0.2) is 66.0 Å². The van der Waals surface area contributed by atoms with Gasteiger partial charge in [-0.3, -0.25) is 4.79 Å². The maximum Gasteiger partial charge on any atom is 0.316 e. The molecule has 1 N–H and O–H groups in total. The molecule has 1 aliphatic heterocycles. The average Bonchev–Trinajstić information content (AvgIpc) is 3.34. The first-order chi connectivity index (χ1) is 18.2. The van der Waals surface area contributed by atoms with E-state index in [1.165, 1.54) is 36.5 Å². The molecular formula is C26H28F2N4O5S. The zero-order valence-electron chi connectivity index (χ0n) is 20.5. The zero-order valence-corrected chi connectivity index (χ0v) is 21.3. The number of anilines is 1. The highest BCUT2D eigenvalue weighted by Crippen LogP contribution is 2.32. The van der Waals surface area contributed by atoms with Crippen LogP contribution in [0.5, 0.6) is 5.75 Å². The van der Waals surface area contributed by atoms with Crippen molar-refractivity contribution in [3.63, 3.8) is 0 Å². The van der Waals surface area contributed by atoms with E-state index in [4.69, 9.17) is 4.74 Å². The summed E-state index contributed by atoms with van der Waals surface area (Å²) < 4.78 is 62.9. The van der Waals surface area contributed by atoms with Gasteiger partial charge in [-0.2, -0.15) is 14.1 Å². The number of ether oxygens (including phenoxy) is 1. The number of piperazine rings is 1. The number of benzene rings is 2. The molecule has 1 aromatic heterocycles. The van der Waals surface area contributed by atoms with Crippen LogP contribution in [0.15, 0.2) is 65.6 Å². The molecule has 1 aliphatic carbocycles. The van der Waals surface area contributed by atoms with Gasteiger partial charge < -0.3 is 14.7 Å². The molecule has 3 aromatic rings. The molecule has 0 amide bonds. The lowest BCUT2D eigenvalue weighted by Crippen LogP contribution is -2.50. The van der Waals surface area contributed by atoms with Gasteiger partial charge in [0, 0.05) is 38.2 Å². The molecule has 2 fully saturated rings. The highest BCUT2D eigenvalue weighted by atomic mass is 32.2. The Morgan fingerprint density at radius 1 is 1.03 bits per heavy atom. The Morgan fingerprint density at radius 3 is 2.42 bits per heavy atom. The normalized spacial score (nSPS) is 21.4. The van der Waals surface area contributed by atoms with Gasteiger partial charge in [-0.1, -0.05) is 36.4 Å². The Balaban J connectivity index is 1.40. The number of aliphatic hydroxyl groups excluding tert-OH is 1. The Morgan fingerprint density at radius 2 is 1.76 bits per heavy atom. The van der Waals surface area contributed by atoms with Crippen molar-refractivity contribution >= 4 is 15.7 Å². The molecule has 5 rings (SSSR count). The van der Waals surface area contributed by atoms with Crippen molar-refractivity contribution in [1.82, 2.24) is 14.1 Å². The number of hydrogen-bond donors (Lipinski definition) is 1. The summed E-state index contributed by atoms with van der Waals surface area (Å²) in [5, 5.41) is 14.2. The first kappa shape index (κ1) is 26.3. The standard InChI is InChI=1S/C26H28F2N4O5S/c27-19-7-4-8-20(15-19)32-26(34)24(37-22-10-9-21(33)16-22)23(17-29-32)30-11-13-31(14-12-30)38(35,36)25(28)18-5-2-1-3-6-18/h1-8,15,17,21-22,25,33H,9-14,16H2. The number of nitrogens with zero attached hydrogens (tertiary/aromatic N) is 4. The van der Waals surface area contributed by atoms with E-state index in [1.54, 1.807) is 29.2 Å². The van der Waals surface area contributed by atoms with Gasteiger partial charge in [0.25, 0.3) is 10.0 Å². The van der Waals surface area contributed by atoms with Crippen LogP contribution in [0.4, 0.5) is 14.5 Å². The minimum atomic E-state index is -4.25. The molecule has 3 unspecified atom stereocenters. The van der Waals surface area contributed by atoms with Gasteiger partial charge >= 0.3 is 5.56 Å². The number of aromatic nitrogens is 2. The molecule has 2 aliphatic rings. The van der Waals surface area contributed by atoms with Crippen LogP contribution in [0.25, 0.3) is 5.69 Å². The Hall–Kier alpha value is -3.35. The molecule has 2 heterocycles. The summed E-state index contributed by atoms with van der Waals surface area (Å²) in [4.78, 5) is 15.3. The molecule has 9 nitrogen and oxygen atoms in total. The van der Waals surface area contributed by atoms with E-state index in [1.807, 2.05) is 0 Å². The fourth-order valence-corrected chi connectivity index (χ4v) is 6.27. The number of rotatable bonds is 7. The van der Waals surface area contributed by atoms with E-state index in [2.05, 4.69) is 5.10 Å². The fraction of sp³-hybridized carbons (Fsp3) is 0.385. The first-order valence-corrected chi connectivity index (χ1v) is 13.9. The van der Waals surface area contributed by atoms with E-state index in [0.29, 0.717) is 24.9 Å². The molecule has 202 valence electrons. The predicted octanol–water partition coefficient (Wildman–Crippen LogP) is 2.78. The van der Waals surface area contributed by atoms with E-state index in [0.717, 1.165) is 8.99 Å². The number of hydrogen-bond acceptors (Lipinski definition) is 7. The van der Waals surface area contributed by atoms with Crippen LogP contribution >= 0.6 is 0 Å². The van der Waals surface area contributed by atoms with E-state index >= 15 is 0 Å². The Kier molecular flexibility index (Phi) is 7.46. The Bertz CT molecular complexity index is 1450. The fourth-order valence-electron chi connectivity index (χ4n) is 4.84. The summed E-state index contributed by atoms with van der Waals surface area (Å²) in [6.45, 7) is 0.360. The quantitative estimate of drug-likeness (QED) is 0.486. The lowest BCUT2D eigenvalue weighted by molar-refractivity contribution is 0.148. The van der Waals surface area contributed by atoms with Crippen LogP contribution in [-0.2, 0) is 10.0 Å². The smallest absolute Gasteiger partial charge is 0.316 e. The van der Waals surface area contributed by atoms with Gasteiger partial charge in [0.2, 0.25) is 11.3 Å². The second kappa shape index (κ2) is 10.8. The van der Waals surface area contributed by atoms with E-state index in [9.17, 15) is 27.1 Å². The highest BCUT2D eigenvalue weighted by molar-refractivity contribution is 7.89. The third-order valence-corrected chi connectivity index (χ3v) is 8.75. The van der Waals surface area contributed by atoms with Crippen LogP contribution in [0.2, 0.25) is 0 Å². The van der Waals surface area contributed by atoms with Crippen molar-refractivity contribution in [3.05, 3.63) is 82.5 Å². The molecule has 1 saturated carbocycles. The minimum absolute atomic E-state index is 0.00412. The number of sulfonamides is 1. The van der Waals surface area contributed by atoms with Crippen LogP contribution in [0, 0.1) is 5.82 Å². The highest BCUT2D eigenvalue weighted by Gasteiger charge is 2.36. The summed E-state index contributed by atoms with van der Waals surface area (Å²) >= 11 is 0. The summed E-state index contributed by atoms with van der Waals surface area (Å²) in [7, 11) is -4.25. The molecular weight excluding hydrogens is 518 g/mol. The molecule has 1 saturated heterocycles. The third-order valence-electron chi connectivity index (χ3n) is 6.87. The van der Waals surface area contributed by atoms with Crippen molar-refractivity contribution in [3.8, 4) is 11.4 Å². The number of halogens is 2. The van der Waals surface area contributed by atoms with Crippen molar-refractivity contribution in [2.75, 3.05) is 31.1 Å².